The molecule has 0 saturated heterocycles. The molecule has 0 heterocycles. The average molecular weight is 421 g/mol. The molecular formula is C17H29ClN4O4S. The Morgan fingerprint density at radius 2 is 1.74 bits per heavy atom. The van der Waals surface area contributed by atoms with E-state index < -0.39 is 21.5 Å². The van der Waals surface area contributed by atoms with Crippen LogP contribution >= 0.6 is 12.4 Å². The molecule has 0 aliphatic carbocycles. The molecule has 0 atom stereocenters. The van der Waals surface area contributed by atoms with Gasteiger partial charge in [0.25, 0.3) is 5.91 Å². The Kier molecular flexibility index (Phi) is 9.94. The molecular weight excluding hydrogens is 392 g/mol. The van der Waals surface area contributed by atoms with E-state index in [2.05, 4.69) is 10.6 Å². The van der Waals surface area contributed by atoms with E-state index in [-0.39, 0.29) is 41.9 Å². The molecule has 0 aliphatic heterocycles. The molecule has 1 aromatic carbocycles. The van der Waals surface area contributed by atoms with E-state index in [1.807, 2.05) is 0 Å². The van der Waals surface area contributed by atoms with Gasteiger partial charge >= 0.3 is 0 Å². The Morgan fingerprint density at radius 3 is 2.26 bits per heavy atom. The Balaban J connectivity index is 0.00000676. The van der Waals surface area contributed by atoms with Crippen molar-refractivity contribution in [3.05, 3.63) is 29.8 Å². The first kappa shape index (κ1) is 25.3. The molecule has 0 unspecified atom stereocenters. The van der Waals surface area contributed by atoms with Crippen LogP contribution in [-0.2, 0) is 14.8 Å². The summed E-state index contributed by atoms with van der Waals surface area (Å²) in [6, 6.07) is 5.75. The molecule has 0 aliphatic rings. The number of nitrogens with two attached hydrogens (primary N) is 1. The predicted molar refractivity (Wildman–Crippen MR) is 107 cm³/mol. The first-order valence-electron chi connectivity index (χ1n) is 8.45. The third kappa shape index (κ3) is 7.84. The fourth-order valence-electron chi connectivity index (χ4n) is 2.16. The molecule has 1 rings (SSSR count). The van der Waals surface area contributed by atoms with Crippen molar-refractivity contribution in [1.29, 1.82) is 0 Å². The number of sulfonamides is 1. The number of nitrogens with zero attached hydrogens (tertiary/aromatic N) is 1. The fourth-order valence-corrected chi connectivity index (χ4v) is 3.67. The molecule has 0 aromatic heterocycles. The monoisotopic (exact) mass is 420 g/mol. The molecule has 0 radical (unpaired) electrons. The van der Waals surface area contributed by atoms with Gasteiger partial charge in [-0.3, -0.25) is 9.59 Å². The van der Waals surface area contributed by atoms with Crippen molar-refractivity contribution in [3.8, 4) is 0 Å². The Bertz CT molecular complexity index is 744. The van der Waals surface area contributed by atoms with Gasteiger partial charge in [0, 0.05) is 30.7 Å². The summed E-state index contributed by atoms with van der Waals surface area (Å²) < 4.78 is 26.4. The quantitative estimate of drug-likeness (QED) is 0.543. The van der Waals surface area contributed by atoms with Crippen LogP contribution in [0.5, 0.6) is 0 Å². The summed E-state index contributed by atoms with van der Waals surface area (Å²) in [7, 11) is -3.65. The third-order valence-electron chi connectivity index (χ3n) is 3.59. The molecule has 8 nitrogen and oxygen atoms in total. The Morgan fingerprint density at radius 1 is 1.15 bits per heavy atom. The van der Waals surface area contributed by atoms with Crippen molar-refractivity contribution in [3.63, 3.8) is 0 Å². The lowest BCUT2D eigenvalue weighted by Gasteiger charge is -2.19. The normalized spacial score (nSPS) is 11.6. The van der Waals surface area contributed by atoms with Crippen LogP contribution in [0.2, 0.25) is 0 Å². The van der Waals surface area contributed by atoms with Gasteiger partial charge in [0.05, 0.1) is 11.4 Å². The number of halogens is 1. The van der Waals surface area contributed by atoms with Crippen LogP contribution in [0.3, 0.4) is 0 Å². The van der Waals surface area contributed by atoms with Crippen LogP contribution in [0.4, 0.5) is 0 Å². The van der Waals surface area contributed by atoms with Crippen LogP contribution in [-0.4, -0.2) is 56.3 Å². The molecule has 2 amide bonds. The third-order valence-corrected chi connectivity index (χ3v) is 5.64. The van der Waals surface area contributed by atoms with E-state index in [0.717, 1.165) is 0 Å². The molecule has 0 spiro atoms. The maximum absolute atomic E-state index is 12.5. The van der Waals surface area contributed by atoms with Crippen LogP contribution in [0.1, 0.15) is 38.1 Å². The highest BCUT2D eigenvalue weighted by Gasteiger charge is 2.22. The average Bonchev–Trinajstić information content (AvgIpc) is 2.58. The number of amides is 2. The number of hydrogen-bond acceptors (Lipinski definition) is 5. The first-order valence-corrected chi connectivity index (χ1v) is 9.89. The summed E-state index contributed by atoms with van der Waals surface area (Å²) in [6.45, 7) is 7.78. The summed E-state index contributed by atoms with van der Waals surface area (Å²) in [5.41, 5.74) is 5.40. The highest BCUT2D eigenvalue weighted by atomic mass is 35.5. The molecule has 10 heteroatoms. The molecule has 27 heavy (non-hydrogen) atoms. The van der Waals surface area contributed by atoms with E-state index in [1.54, 1.807) is 27.7 Å². The SMILES string of the molecule is CCN(CC)S(=O)(=O)c1cccc(C(=O)NCC(=O)NCC(C)(C)N)c1.Cl. The van der Waals surface area contributed by atoms with Crippen molar-refractivity contribution in [2.24, 2.45) is 5.73 Å². The lowest BCUT2D eigenvalue weighted by atomic mass is 10.1. The minimum absolute atomic E-state index is 0. The number of carbonyl (C=O) groups is 2. The molecule has 0 saturated carbocycles. The van der Waals surface area contributed by atoms with Gasteiger partial charge in [-0.2, -0.15) is 4.31 Å². The zero-order valence-electron chi connectivity index (χ0n) is 16.1. The zero-order chi connectivity index (χ0) is 20.0. The van der Waals surface area contributed by atoms with E-state index in [9.17, 15) is 18.0 Å². The van der Waals surface area contributed by atoms with E-state index >= 15 is 0 Å². The van der Waals surface area contributed by atoms with Gasteiger partial charge in [-0.15, -0.1) is 12.4 Å². The summed E-state index contributed by atoms with van der Waals surface area (Å²) in [4.78, 5) is 24.0. The minimum Gasteiger partial charge on any atom is -0.353 e. The van der Waals surface area contributed by atoms with Gasteiger partial charge in [-0.1, -0.05) is 19.9 Å². The van der Waals surface area contributed by atoms with Crippen LogP contribution in [0, 0.1) is 0 Å². The Hall–Kier alpha value is -1.68. The second-order valence-electron chi connectivity index (χ2n) is 6.57. The lowest BCUT2D eigenvalue weighted by Crippen LogP contribution is -2.47. The van der Waals surface area contributed by atoms with Crippen molar-refractivity contribution in [2.75, 3.05) is 26.2 Å². The van der Waals surface area contributed by atoms with Gasteiger partial charge in [0.1, 0.15) is 0 Å². The highest BCUT2D eigenvalue weighted by molar-refractivity contribution is 7.89. The second-order valence-corrected chi connectivity index (χ2v) is 8.50. The van der Waals surface area contributed by atoms with Crippen molar-refractivity contribution >= 4 is 34.2 Å². The number of nitrogens with one attached hydrogen (secondary N) is 2. The van der Waals surface area contributed by atoms with E-state index in [1.165, 1.54) is 28.6 Å². The van der Waals surface area contributed by atoms with Gasteiger partial charge in [-0.05, 0) is 32.0 Å². The highest BCUT2D eigenvalue weighted by Crippen LogP contribution is 2.16. The first-order chi connectivity index (χ1) is 12.0. The summed E-state index contributed by atoms with van der Waals surface area (Å²) in [6.07, 6.45) is 0. The largest absolute Gasteiger partial charge is 0.353 e. The summed E-state index contributed by atoms with van der Waals surface area (Å²) in [5, 5.41) is 5.08. The number of hydrogen-bond donors (Lipinski definition) is 3. The smallest absolute Gasteiger partial charge is 0.251 e. The fraction of sp³-hybridized carbons (Fsp3) is 0.529. The van der Waals surface area contributed by atoms with Crippen LogP contribution in [0.15, 0.2) is 29.2 Å². The van der Waals surface area contributed by atoms with Gasteiger partial charge in [-0.25, -0.2) is 8.42 Å². The molecule has 1 aromatic rings. The molecule has 154 valence electrons. The van der Waals surface area contributed by atoms with E-state index in [4.69, 9.17) is 5.73 Å². The van der Waals surface area contributed by atoms with Crippen molar-refractivity contribution in [1.82, 2.24) is 14.9 Å². The standard InChI is InChI=1S/C17H28N4O4S.ClH/c1-5-21(6-2)26(24,25)14-9-7-8-13(10-14)16(23)19-11-15(22)20-12-17(3,4)18;/h7-10H,5-6,11-12,18H2,1-4H3,(H,19,23)(H,20,22);1H. The number of carbonyl (C=O) groups excluding carboxylic acids is 2. The maximum Gasteiger partial charge on any atom is 0.251 e. The number of benzene rings is 1. The molecule has 0 bridgehead atoms. The predicted octanol–water partition coefficient (Wildman–Crippen LogP) is 0.722. The van der Waals surface area contributed by atoms with Gasteiger partial charge in [0.2, 0.25) is 15.9 Å². The zero-order valence-corrected chi connectivity index (χ0v) is 17.7. The van der Waals surface area contributed by atoms with Gasteiger partial charge in [0.15, 0.2) is 0 Å². The number of rotatable bonds is 9. The Labute approximate surface area is 167 Å². The van der Waals surface area contributed by atoms with Crippen molar-refractivity contribution in [2.45, 2.75) is 38.1 Å². The second kappa shape index (κ2) is 10.6. The topological polar surface area (TPSA) is 122 Å². The van der Waals surface area contributed by atoms with Crippen LogP contribution in [0.25, 0.3) is 0 Å². The van der Waals surface area contributed by atoms with Crippen LogP contribution < -0.4 is 16.4 Å². The van der Waals surface area contributed by atoms with Gasteiger partial charge < -0.3 is 16.4 Å². The molecule has 4 N–H and O–H groups in total. The minimum atomic E-state index is -3.65. The summed E-state index contributed by atoms with van der Waals surface area (Å²) in [5.74, 6) is -0.896. The lowest BCUT2D eigenvalue weighted by molar-refractivity contribution is -0.120. The molecule has 0 fully saturated rings. The maximum atomic E-state index is 12.5. The van der Waals surface area contributed by atoms with E-state index in [0.29, 0.717) is 13.1 Å². The van der Waals surface area contributed by atoms with Crippen molar-refractivity contribution < 1.29 is 18.0 Å². The summed E-state index contributed by atoms with van der Waals surface area (Å²) >= 11 is 0.